The molecule has 0 aromatic rings. The zero-order valence-electron chi connectivity index (χ0n) is 10.7. The van der Waals surface area contributed by atoms with Gasteiger partial charge in [0.1, 0.15) is 0 Å². The molecule has 1 fully saturated rings. The van der Waals surface area contributed by atoms with E-state index in [4.69, 9.17) is 10.8 Å². The Morgan fingerprint density at radius 1 is 1.33 bits per heavy atom. The van der Waals surface area contributed by atoms with E-state index in [1.807, 2.05) is 6.92 Å². The number of hydrogen-bond acceptors (Lipinski definition) is 3. The van der Waals surface area contributed by atoms with Gasteiger partial charge in [0.15, 0.2) is 0 Å². The minimum atomic E-state index is -0.929. The summed E-state index contributed by atoms with van der Waals surface area (Å²) in [5.41, 5.74) is 5.04. The minimum absolute atomic E-state index is 0.0613. The van der Waals surface area contributed by atoms with Crippen molar-refractivity contribution in [3.63, 3.8) is 0 Å². The summed E-state index contributed by atoms with van der Waals surface area (Å²) < 4.78 is 0. The molecule has 4 unspecified atom stereocenters. The maximum Gasteiger partial charge on any atom is 0.307 e. The van der Waals surface area contributed by atoms with Gasteiger partial charge < -0.3 is 16.2 Å². The molecule has 4 N–H and O–H groups in total. The lowest BCUT2D eigenvalue weighted by molar-refractivity contribution is -0.146. The fourth-order valence-corrected chi connectivity index (χ4v) is 2.56. The van der Waals surface area contributed by atoms with Crippen LogP contribution in [0.15, 0.2) is 0 Å². The molecule has 0 radical (unpaired) electrons. The van der Waals surface area contributed by atoms with E-state index in [0.29, 0.717) is 12.8 Å². The number of hydrogen-bond donors (Lipinski definition) is 3. The fourth-order valence-electron chi connectivity index (χ4n) is 2.56. The van der Waals surface area contributed by atoms with Crippen molar-refractivity contribution in [3.8, 4) is 0 Å². The first-order valence-electron chi connectivity index (χ1n) is 6.12. The monoisotopic (exact) mass is 256 g/mol. The second-order valence-corrected chi connectivity index (χ2v) is 5.21. The molecule has 6 heteroatoms. The van der Waals surface area contributed by atoms with Crippen LogP contribution in [0, 0.1) is 17.8 Å². The van der Waals surface area contributed by atoms with Gasteiger partial charge in [-0.25, -0.2) is 0 Å². The minimum Gasteiger partial charge on any atom is -0.481 e. The molecule has 1 aliphatic rings. The van der Waals surface area contributed by atoms with Crippen molar-refractivity contribution in [3.05, 3.63) is 0 Å². The summed E-state index contributed by atoms with van der Waals surface area (Å²) in [6, 6.07) is -0.361. The number of carbonyl (C=O) groups is 3. The summed E-state index contributed by atoms with van der Waals surface area (Å²) in [6.45, 7) is 3.62. The molecule has 1 aliphatic carbocycles. The van der Waals surface area contributed by atoms with E-state index in [9.17, 15) is 14.4 Å². The molecule has 1 saturated carbocycles. The molecule has 0 aliphatic heterocycles. The molecule has 0 aromatic carbocycles. The Morgan fingerprint density at radius 2 is 1.89 bits per heavy atom. The van der Waals surface area contributed by atoms with Crippen molar-refractivity contribution in [2.24, 2.45) is 23.5 Å². The first kappa shape index (κ1) is 14.5. The lowest BCUT2D eigenvalue weighted by Crippen LogP contribution is -2.41. The number of primary amides is 1. The van der Waals surface area contributed by atoms with Crippen LogP contribution >= 0.6 is 0 Å². The third kappa shape index (κ3) is 3.72. The third-order valence-electron chi connectivity index (χ3n) is 3.35. The summed E-state index contributed by atoms with van der Waals surface area (Å²) >= 11 is 0. The SMILES string of the molecule is CC1CC(C(=O)O)C(C(=O)NC(C)CC(N)=O)C1. The largest absolute Gasteiger partial charge is 0.481 e. The number of nitrogens with one attached hydrogen (secondary N) is 1. The van der Waals surface area contributed by atoms with E-state index in [2.05, 4.69) is 5.32 Å². The van der Waals surface area contributed by atoms with Gasteiger partial charge in [-0.3, -0.25) is 14.4 Å². The molecular formula is C12H20N2O4. The Morgan fingerprint density at radius 3 is 2.39 bits per heavy atom. The van der Waals surface area contributed by atoms with Crippen LogP contribution < -0.4 is 11.1 Å². The number of carbonyl (C=O) groups excluding carboxylic acids is 2. The zero-order valence-corrected chi connectivity index (χ0v) is 10.7. The van der Waals surface area contributed by atoms with Crippen LogP contribution in [0.25, 0.3) is 0 Å². The molecule has 6 nitrogen and oxygen atoms in total. The molecule has 1 rings (SSSR count). The summed E-state index contributed by atoms with van der Waals surface area (Å²) in [6.07, 6.45) is 1.16. The number of amides is 2. The van der Waals surface area contributed by atoms with Gasteiger partial charge in [0.2, 0.25) is 11.8 Å². The van der Waals surface area contributed by atoms with Crippen molar-refractivity contribution in [1.82, 2.24) is 5.32 Å². The average Bonchev–Trinajstić information content (AvgIpc) is 2.58. The highest BCUT2D eigenvalue weighted by Gasteiger charge is 2.41. The molecule has 4 atom stereocenters. The normalized spacial score (nSPS) is 28.7. The summed E-state index contributed by atoms with van der Waals surface area (Å²) in [4.78, 5) is 33.8. The third-order valence-corrected chi connectivity index (χ3v) is 3.35. The van der Waals surface area contributed by atoms with E-state index in [1.54, 1.807) is 6.92 Å². The Labute approximate surface area is 106 Å². The van der Waals surface area contributed by atoms with Crippen molar-refractivity contribution in [2.45, 2.75) is 39.2 Å². The molecule has 0 heterocycles. The highest BCUT2D eigenvalue weighted by atomic mass is 16.4. The molecule has 0 spiro atoms. The van der Waals surface area contributed by atoms with Gasteiger partial charge in [0.25, 0.3) is 0 Å². The van der Waals surface area contributed by atoms with Gasteiger partial charge in [-0.05, 0) is 25.7 Å². The van der Waals surface area contributed by atoms with Crippen LogP contribution in [0.5, 0.6) is 0 Å². The maximum absolute atomic E-state index is 12.0. The lowest BCUT2D eigenvalue weighted by Gasteiger charge is -2.18. The first-order chi connectivity index (χ1) is 8.31. The summed E-state index contributed by atoms with van der Waals surface area (Å²) in [5, 5.41) is 11.7. The Hall–Kier alpha value is -1.59. The maximum atomic E-state index is 12.0. The standard InChI is InChI=1S/C12H20N2O4/c1-6-3-8(9(4-6)12(17)18)11(16)14-7(2)5-10(13)15/h6-9H,3-5H2,1-2H3,(H2,13,15)(H,14,16)(H,17,18). The van der Waals surface area contributed by atoms with E-state index in [1.165, 1.54) is 0 Å². The van der Waals surface area contributed by atoms with Gasteiger partial charge in [-0.1, -0.05) is 6.92 Å². The summed E-state index contributed by atoms with van der Waals surface area (Å²) in [5.74, 6) is -2.61. The smallest absolute Gasteiger partial charge is 0.307 e. The second kappa shape index (κ2) is 5.84. The molecule has 0 saturated heterocycles. The Kier molecular flexibility index (Phi) is 4.69. The van der Waals surface area contributed by atoms with Crippen molar-refractivity contribution < 1.29 is 19.5 Å². The Balaban J connectivity index is 2.60. The number of rotatable bonds is 5. The van der Waals surface area contributed by atoms with Crippen LogP contribution in [0.4, 0.5) is 0 Å². The number of carboxylic acids is 1. The van der Waals surface area contributed by atoms with Crippen molar-refractivity contribution >= 4 is 17.8 Å². The highest BCUT2D eigenvalue weighted by molar-refractivity contribution is 5.86. The predicted molar refractivity (Wildman–Crippen MR) is 64.4 cm³/mol. The Bertz CT molecular complexity index is 356. The van der Waals surface area contributed by atoms with Crippen molar-refractivity contribution in [2.75, 3.05) is 0 Å². The molecule has 0 aromatic heterocycles. The first-order valence-corrected chi connectivity index (χ1v) is 6.12. The van der Waals surface area contributed by atoms with Crippen LogP contribution in [0.1, 0.15) is 33.1 Å². The predicted octanol–water partition coefficient (Wildman–Crippen LogP) is 0.113. The highest BCUT2D eigenvalue weighted by Crippen LogP contribution is 2.36. The number of carboxylic acid groups (broad SMARTS) is 1. The van der Waals surface area contributed by atoms with Gasteiger partial charge in [-0.2, -0.15) is 0 Å². The van der Waals surface area contributed by atoms with Crippen LogP contribution in [0.2, 0.25) is 0 Å². The second-order valence-electron chi connectivity index (χ2n) is 5.21. The van der Waals surface area contributed by atoms with E-state index in [0.717, 1.165) is 0 Å². The number of aliphatic carboxylic acids is 1. The van der Waals surface area contributed by atoms with Crippen LogP contribution in [-0.2, 0) is 14.4 Å². The van der Waals surface area contributed by atoms with Gasteiger partial charge >= 0.3 is 5.97 Å². The van der Waals surface area contributed by atoms with E-state index in [-0.39, 0.29) is 24.3 Å². The van der Waals surface area contributed by atoms with Crippen LogP contribution in [-0.4, -0.2) is 28.9 Å². The van der Waals surface area contributed by atoms with Gasteiger partial charge in [-0.15, -0.1) is 0 Å². The average molecular weight is 256 g/mol. The molecule has 2 amide bonds. The van der Waals surface area contributed by atoms with Crippen LogP contribution in [0.3, 0.4) is 0 Å². The molecular weight excluding hydrogens is 236 g/mol. The molecule has 102 valence electrons. The quantitative estimate of drug-likeness (QED) is 0.648. The van der Waals surface area contributed by atoms with Gasteiger partial charge in [0.05, 0.1) is 11.8 Å². The summed E-state index contributed by atoms with van der Waals surface area (Å²) in [7, 11) is 0. The number of nitrogens with two attached hydrogens (primary N) is 1. The molecule has 18 heavy (non-hydrogen) atoms. The topological polar surface area (TPSA) is 109 Å². The van der Waals surface area contributed by atoms with Gasteiger partial charge in [0, 0.05) is 12.5 Å². The zero-order chi connectivity index (χ0) is 13.9. The van der Waals surface area contributed by atoms with E-state index < -0.39 is 23.7 Å². The van der Waals surface area contributed by atoms with Crippen molar-refractivity contribution in [1.29, 1.82) is 0 Å². The van der Waals surface area contributed by atoms with E-state index >= 15 is 0 Å². The molecule has 0 bridgehead atoms. The fraction of sp³-hybridized carbons (Fsp3) is 0.750. The lowest BCUT2D eigenvalue weighted by atomic mass is 9.95.